The lowest BCUT2D eigenvalue weighted by molar-refractivity contribution is 0.0600. The molecule has 2 aromatic carbocycles. The van der Waals surface area contributed by atoms with Gasteiger partial charge in [0, 0.05) is 16.3 Å². The Balaban J connectivity index is 2.30. The second-order valence-electron chi connectivity index (χ2n) is 5.29. The topological polar surface area (TPSA) is 55.4 Å². The molecule has 5 heteroatoms. The number of nitrogens with one attached hydrogen (secondary N) is 1. The molecule has 0 saturated heterocycles. The first-order valence-corrected chi connectivity index (χ1v) is 8.19. The van der Waals surface area contributed by atoms with Crippen LogP contribution in [-0.2, 0) is 17.6 Å². The van der Waals surface area contributed by atoms with E-state index in [1.807, 2.05) is 26.0 Å². The highest BCUT2D eigenvalue weighted by Crippen LogP contribution is 2.30. The van der Waals surface area contributed by atoms with Gasteiger partial charge in [0.2, 0.25) is 0 Å². The Morgan fingerprint density at radius 3 is 2.17 bits per heavy atom. The van der Waals surface area contributed by atoms with E-state index < -0.39 is 5.97 Å². The third-order valence-electron chi connectivity index (χ3n) is 3.88. The Labute approximate surface area is 146 Å². The quantitative estimate of drug-likeness (QED) is 0.811. The number of esters is 1. The van der Waals surface area contributed by atoms with Crippen molar-refractivity contribution in [1.29, 1.82) is 0 Å². The summed E-state index contributed by atoms with van der Waals surface area (Å²) in [5.74, 6) is -0.670. The molecule has 0 saturated carbocycles. The van der Waals surface area contributed by atoms with Gasteiger partial charge in [0.25, 0.3) is 5.91 Å². The van der Waals surface area contributed by atoms with Crippen molar-refractivity contribution in [2.45, 2.75) is 26.7 Å². The number of aryl methyl sites for hydroxylation is 1. The molecule has 0 atom stereocenters. The van der Waals surface area contributed by atoms with Crippen molar-refractivity contribution < 1.29 is 14.3 Å². The third kappa shape index (κ3) is 3.77. The second kappa shape index (κ2) is 7.97. The zero-order chi connectivity index (χ0) is 17.7. The molecule has 0 bridgehead atoms. The van der Waals surface area contributed by atoms with Crippen molar-refractivity contribution in [2.24, 2.45) is 0 Å². The Kier molecular flexibility index (Phi) is 5.99. The zero-order valence-electron chi connectivity index (χ0n) is 14.0. The summed E-state index contributed by atoms with van der Waals surface area (Å²) in [5, 5.41) is 3.61. The van der Waals surface area contributed by atoms with Gasteiger partial charge in [0.05, 0.1) is 12.7 Å². The Morgan fingerprint density at radius 2 is 1.62 bits per heavy atom. The molecule has 24 heavy (non-hydrogen) atoms. The molecular weight excluding hydrogens is 326 g/mol. The van der Waals surface area contributed by atoms with Crippen molar-refractivity contribution in [3.63, 3.8) is 0 Å². The molecule has 126 valence electrons. The fourth-order valence-corrected chi connectivity index (χ4v) is 2.82. The molecule has 0 aliphatic rings. The van der Waals surface area contributed by atoms with Crippen LogP contribution >= 0.6 is 11.6 Å². The number of amides is 1. The summed E-state index contributed by atoms with van der Waals surface area (Å²) in [6.07, 6.45) is 1.52. The van der Waals surface area contributed by atoms with E-state index in [0.29, 0.717) is 16.1 Å². The van der Waals surface area contributed by atoms with Crippen LogP contribution in [0.2, 0.25) is 5.02 Å². The molecule has 1 amide bonds. The van der Waals surface area contributed by atoms with Crippen LogP contribution in [0.25, 0.3) is 0 Å². The van der Waals surface area contributed by atoms with E-state index in [9.17, 15) is 9.59 Å². The molecule has 4 nitrogen and oxygen atoms in total. The molecule has 0 fully saturated rings. The predicted molar refractivity (Wildman–Crippen MR) is 95.9 cm³/mol. The highest BCUT2D eigenvalue weighted by Gasteiger charge is 2.15. The van der Waals surface area contributed by atoms with Gasteiger partial charge in [-0.3, -0.25) is 4.79 Å². The van der Waals surface area contributed by atoms with Gasteiger partial charge in [-0.1, -0.05) is 31.5 Å². The van der Waals surface area contributed by atoms with Gasteiger partial charge in [-0.15, -0.1) is 0 Å². The van der Waals surface area contributed by atoms with Gasteiger partial charge in [-0.2, -0.15) is 0 Å². The number of hydrogen-bond acceptors (Lipinski definition) is 3. The number of carbonyl (C=O) groups is 2. The van der Waals surface area contributed by atoms with Crippen LogP contribution in [0.1, 0.15) is 45.7 Å². The Bertz CT molecular complexity index is 754. The maximum atomic E-state index is 12.5. The van der Waals surface area contributed by atoms with E-state index in [1.165, 1.54) is 7.11 Å². The average Bonchev–Trinajstić information content (AvgIpc) is 2.61. The molecule has 0 heterocycles. The molecule has 0 spiro atoms. The number of ether oxygens (including phenoxy) is 1. The summed E-state index contributed by atoms with van der Waals surface area (Å²) >= 11 is 6.26. The zero-order valence-corrected chi connectivity index (χ0v) is 14.7. The number of anilines is 1. The monoisotopic (exact) mass is 345 g/mol. The normalized spacial score (nSPS) is 10.3. The minimum Gasteiger partial charge on any atom is -0.465 e. The number of methoxy groups -OCH3 is 1. The molecule has 1 N–H and O–H groups in total. The lowest BCUT2D eigenvalue weighted by Gasteiger charge is -2.16. The number of benzene rings is 2. The van der Waals surface area contributed by atoms with Gasteiger partial charge in [-0.25, -0.2) is 4.79 Å². The number of carbonyl (C=O) groups excluding carboxylic acids is 2. The SMILES string of the molecule is CCc1ccc(Cl)c(CC)c1NC(=O)c1ccc(C(=O)OC)cc1. The molecule has 0 aliphatic heterocycles. The van der Waals surface area contributed by atoms with Crippen LogP contribution < -0.4 is 5.32 Å². The van der Waals surface area contributed by atoms with Gasteiger partial charge >= 0.3 is 5.97 Å². The summed E-state index contributed by atoms with van der Waals surface area (Å²) in [4.78, 5) is 24.0. The number of halogens is 1. The van der Waals surface area contributed by atoms with E-state index in [0.717, 1.165) is 29.7 Å². The van der Waals surface area contributed by atoms with Gasteiger partial charge in [0.1, 0.15) is 0 Å². The second-order valence-corrected chi connectivity index (χ2v) is 5.70. The third-order valence-corrected chi connectivity index (χ3v) is 4.24. The molecule has 2 rings (SSSR count). The highest BCUT2D eigenvalue weighted by molar-refractivity contribution is 6.32. The largest absolute Gasteiger partial charge is 0.465 e. The van der Waals surface area contributed by atoms with Crippen molar-refractivity contribution >= 4 is 29.2 Å². The lowest BCUT2D eigenvalue weighted by Crippen LogP contribution is -2.15. The Hall–Kier alpha value is -2.33. The van der Waals surface area contributed by atoms with Crippen molar-refractivity contribution in [3.05, 3.63) is 63.7 Å². The maximum Gasteiger partial charge on any atom is 0.337 e. The summed E-state index contributed by atoms with van der Waals surface area (Å²) in [6, 6.07) is 10.1. The van der Waals surface area contributed by atoms with Crippen LogP contribution in [0.3, 0.4) is 0 Å². The van der Waals surface area contributed by atoms with Crippen molar-refractivity contribution in [3.8, 4) is 0 Å². The molecule has 0 unspecified atom stereocenters. The minimum absolute atomic E-state index is 0.238. The van der Waals surface area contributed by atoms with Crippen LogP contribution in [0, 0.1) is 0 Å². The molecule has 0 aliphatic carbocycles. The minimum atomic E-state index is -0.432. The van der Waals surface area contributed by atoms with Crippen LogP contribution in [0.4, 0.5) is 5.69 Å². The summed E-state index contributed by atoms with van der Waals surface area (Å²) < 4.78 is 4.65. The summed E-state index contributed by atoms with van der Waals surface area (Å²) in [7, 11) is 1.32. The van der Waals surface area contributed by atoms with Gasteiger partial charge < -0.3 is 10.1 Å². The highest BCUT2D eigenvalue weighted by atomic mass is 35.5. The number of rotatable bonds is 5. The molecule has 0 radical (unpaired) electrons. The average molecular weight is 346 g/mol. The van der Waals surface area contributed by atoms with Crippen molar-refractivity contribution in [2.75, 3.05) is 12.4 Å². The Morgan fingerprint density at radius 1 is 1.00 bits per heavy atom. The smallest absolute Gasteiger partial charge is 0.337 e. The fraction of sp³-hybridized carbons (Fsp3) is 0.263. The van der Waals surface area contributed by atoms with E-state index in [1.54, 1.807) is 24.3 Å². The van der Waals surface area contributed by atoms with Crippen LogP contribution in [0.15, 0.2) is 36.4 Å². The summed E-state index contributed by atoms with van der Waals surface area (Å²) in [5.41, 5.74) is 3.60. The lowest BCUT2D eigenvalue weighted by atomic mass is 10.0. The van der Waals surface area contributed by atoms with E-state index in [2.05, 4.69) is 10.1 Å². The fourth-order valence-electron chi connectivity index (χ4n) is 2.53. The van der Waals surface area contributed by atoms with Crippen LogP contribution in [-0.4, -0.2) is 19.0 Å². The molecular formula is C19H20ClNO3. The van der Waals surface area contributed by atoms with E-state index in [4.69, 9.17) is 11.6 Å². The van der Waals surface area contributed by atoms with E-state index >= 15 is 0 Å². The first-order valence-electron chi connectivity index (χ1n) is 7.81. The standard InChI is InChI=1S/C19H20ClNO3/c1-4-12-10-11-16(20)15(5-2)17(12)21-18(22)13-6-8-14(9-7-13)19(23)24-3/h6-11H,4-5H2,1-3H3,(H,21,22). The predicted octanol–water partition coefficient (Wildman–Crippen LogP) is 4.50. The van der Waals surface area contributed by atoms with Gasteiger partial charge in [0.15, 0.2) is 0 Å². The first kappa shape index (κ1) is 18.0. The number of hydrogen-bond donors (Lipinski definition) is 1. The van der Waals surface area contributed by atoms with E-state index in [-0.39, 0.29) is 5.91 Å². The summed E-state index contributed by atoms with van der Waals surface area (Å²) in [6.45, 7) is 4.03. The van der Waals surface area contributed by atoms with Gasteiger partial charge in [-0.05, 0) is 54.3 Å². The molecule has 2 aromatic rings. The van der Waals surface area contributed by atoms with Crippen LogP contribution in [0.5, 0.6) is 0 Å². The van der Waals surface area contributed by atoms with Crippen molar-refractivity contribution in [1.82, 2.24) is 0 Å². The first-order chi connectivity index (χ1) is 11.5. The maximum absolute atomic E-state index is 12.5. The molecule has 0 aromatic heterocycles.